The van der Waals surface area contributed by atoms with Gasteiger partial charge in [0.05, 0.1) is 0 Å². The van der Waals surface area contributed by atoms with Crippen LogP contribution in [0.25, 0.3) is 0 Å². The van der Waals surface area contributed by atoms with Gasteiger partial charge in [-0.15, -0.1) is 0 Å². The third kappa shape index (κ3) is 2.82. The van der Waals surface area contributed by atoms with Gasteiger partial charge in [0.1, 0.15) is 0 Å². The number of hydrogen-bond donors (Lipinski definition) is 0. The molecule has 1 rings (SSSR count). The Bertz CT molecular complexity index is 161. The third-order valence-electron chi connectivity index (χ3n) is 2.41. The van der Waals surface area contributed by atoms with Crippen molar-refractivity contribution in [3.8, 4) is 0 Å². The van der Waals surface area contributed by atoms with Crippen LogP contribution in [0.3, 0.4) is 0 Å². The van der Waals surface area contributed by atoms with Gasteiger partial charge in [-0.1, -0.05) is 0 Å². The summed E-state index contributed by atoms with van der Waals surface area (Å²) < 4.78 is 14.7. The van der Waals surface area contributed by atoms with Gasteiger partial charge in [0, 0.05) is 0 Å². The second-order valence-electron chi connectivity index (χ2n) is 4.10. The maximum absolute atomic E-state index is 13.4. The molecule has 0 aromatic heterocycles. The number of halogens is 3. The molecule has 0 unspecified atom stereocenters. The van der Waals surface area contributed by atoms with Crippen molar-refractivity contribution in [2.75, 3.05) is 4.43 Å². The Labute approximate surface area is 93.1 Å². The molecule has 0 saturated carbocycles. The minimum absolute atomic E-state index is 0.0412. The second-order valence-corrected chi connectivity index (χ2v) is 9.84. The molecule has 0 aromatic carbocycles. The Morgan fingerprint density at radius 1 is 1.50 bits per heavy atom. The van der Waals surface area contributed by atoms with Gasteiger partial charge in [-0.25, -0.2) is 0 Å². The Hall–Kier alpha value is 1.14. The van der Waals surface area contributed by atoms with E-state index < -0.39 is 6.17 Å². The Morgan fingerprint density at radius 3 is 2.67 bits per heavy atom. The Balaban J connectivity index is 2.66. The Kier molecular flexibility index (Phi) is 3.84. The number of alkyl halides is 4. The quantitative estimate of drug-likeness (QED) is 0.426. The van der Waals surface area contributed by atoms with Crippen LogP contribution in [0.4, 0.5) is 4.39 Å². The summed E-state index contributed by atoms with van der Waals surface area (Å²) in [5, 5.41) is 0. The molecule has 3 heteroatoms. The fourth-order valence-electron chi connectivity index (χ4n) is 1.35. The second kappa shape index (κ2) is 4.11. The zero-order chi connectivity index (χ0) is 9.35. The summed E-state index contributed by atoms with van der Waals surface area (Å²) >= 11 is 3.64. The van der Waals surface area contributed by atoms with Crippen LogP contribution in [0.15, 0.2) is 0 Å². The van der Waals surface area contributed by atoms with Crippen molar-refractivity contribution in [2.45, 2.75) is 41.6 Å². The van der Waals surface area contributed by atoms with Gasteiger partial charge in [-0.05, 0) is 0 Å². The van der Waals surface area contributed by atoms with E-state index >= 15 is 0 Å². The van der Waals surface area contributed by atoms with Crippen LogP contribution in [0, 0.1) is 5.92 Å². The molecule has 0 radical (unpaired) electrons. The van der Waals surface area contributed by atoms with Gasteiger partial charge in [0.15, 0.2) is 0 Å². The number of rotatable bonds is 0. The average Bonchev–Trinajstić information content (AvgIpc) is 2.03. The maximum atomic E-state index is 13.4. The van der Waals surface area contributed by atoms with E-state index in [1.165, 1.54) is 0 Å². The summed E-state index contributed by atoms with van der Waals surface area (Å²) in [6.45, 7) is 6.58. The van der Waals surface area contributed by atoms with E-state index in [2.05, 4.69) is 29.8 Å². The van der Waals surface area contributed by atoms with Crippen LogP contribution in [-0.4, -0.2) is 18.8 Å². The summed E-state index contributed by atoms with van der Waals surface area (Å²) in [6, 6.07) is 0. The SMILES string of the molecule is C[C@@H]1[C@H](Br)CC(C)(C)[I-]C[C@@H]1F. The van der Waals surface area contributed by atoms with E-state index in [4.69, 9.17) is 0 Å². The first-order chi connectivity index (χ1) is 5.42. The standard InChI is InChI=1S/C9H16BrFI/c1-6-7(10)4-9(2,3)12-5-8(6)11/h6-8H,4-5H2,1-3H3/q-1/t6-,7-,8+/m1/s1. The predicted molar refractivity (Wildman–Crippen MR) is 50.3 cm³/mol. The van der Waals surface area contributed by atoms with Crippen molar-refractivity contribution in [3.63, 3.8) is 0 Å². The van der Waals surface area contributed by atoms with Crippen LogP contribution >= 0.6 is 15.9 Å². The van der Waals surface area contributed by atoms with Gasteiger partial charge in [-0.3, -0.25) is 0 Å². The molecular formula is C9H16BrFI-. The van der Waals surface area contributed by atoms with E-state index in [1.54, 1.807) is 0 Å². The predicted octanol–water partition coefficient (Wildman–Crippen LogP) is -0.00460. The van der Waals surface area contributed by atoms with E-state index in [0.717, 1.165) is 10.8 Å². The fraction of sp³-hybridized carbons (Fsp3) is 1.00. The van der Waals surface area contributed by atoms with Gasteiger partial charge >= 0.3 is 93.5 Å². The van der Waals surface area contributed by atoms with Crippen LogP contribution in [-0.2, 0) is 0 Å². The molecule has 0 bridgehead atoms. The van der Waals surface area contributed by atoms with Crippen molar-refractivity contribution in [1.82, 2.24) is 0 Å². The van der Waals surface area contributed by atoms with Gasteiger partial charge < -0.3 is 0 Å². The summed E-state index contributed by atoms with van der Waals surface area (Å²) in [6.07, 6.45) is 0.575. The molecular weight excluding hydrogens is 334 g/mol. The van der Waals surface area contributed by atoms with Crippen molar-refractivity contribution >= 4 is 15.9 Å². The van der Waals surface area contributed by atoms with Crippen molar-refractivity contribution in [1.29, 1.82) is 0 Å². The van der Waals surface area contributed by atoms with Crippen molar-refractivity contribution in [3.05, 3.63) is 0 Å². The molecule has 1 aliphatic rings. The first-order valence-electron chi connectivity index (χ1n) is 4.31. The monoisotopic (exact) mass is 349 g/mol. The van der Waals surface area contributed by atoms with Gasteiger partial charge in [-0.2, -0.15) is 0 Å². The van der Waals surface area contributed by atoms with E-state index in [1.807, 2.05) is 6.92 Å². The normalized spacial score (nSPS) is 42.9. The van der Waals surface area contributed by atoms with E-state index in [0.29, 0.717) is 8.25 Å². The minimum atomic E-state index is -0.566. The topological polar surface area (TPSA) is 0 Å². The molecule has 0 spiro atoms. The van der Waals surface area contributed by atoms with Crippen LogP contribution in [0.5, 0.6) is 0 Å². The molecule has 1 heterocycles. The van der Waals surface area contributed by atoms with Crippen molar-refractivity contribution < 1.29 is 25.6 Å². The third-order valence-corrected chi connectivity index (χ3v) is 7.35. The molecule has 1 fully saturated rings. The average molecular weight is 350 g/mol. The molecule has 0 aromatic rings. The van der Waals surface area contributed by atoms with E-state index in [-0.39, 0.29) is 27.1 Å². The Morgan fingerprint density at radius 2 is 2.08 bits per heavy atom. The van der Waals surface area contributed by atoms with Gasteiger partial charge in [0.25, 0.3) is 0 Å². The summed E-state index contributed by atoms with van der Waals surface area (Å²) in [5.41, 5.74) is 0. The zero-order valence-corrected chi connectivity index (χ0v) is 11.5. The fourth-order valence-corrected chi connectivity index (χ4v) is 6.30. The van der Waals surface area contributed by atoms with E-state index in [9.17, 15) is 4.39 Å². The van der Waals surface area contributed by atoms with Crippen LogP contribution < -0.4 is 21.2 Å². The first kappa shape index (κ1) is 11.2. The summed E-state index contributed by atoms with van der Waals surface area (Å²) in [5.74, 6) is 0.200. The molecule has 1 saturated heterocycles. The van der Waals surface area contributed by atoms with Crippen LogP contribution in [0.2, 0.25) is 0 Å². The van der Waals surface area contributed by atoms with Gasteiger partial charge in [0.2, 0.25) is 0 Å². The van der Waals surface area contributed by atoms with Crippen molar-refractivity contribution in [2.24, 2.45) is 5.92 Å². The first-order valence-corrected chi connectivity index (χ1v) is 7.83. The summed E-state index contributed by atoms with van der Waals surface area (Å²) in [7, 11) is 0. The van der Waals surface area contributed by atoms with Crippen LogP contribution in [0.1, 0.15) is 27.2 Å². The molecule has 0 nitrogen and oxygen atoms in total. The molecule has 74 valence electrons. The molecule has 0 N–H and O–H groups in total. The number of hydrogen-bond acceptors (Lipinski definition) is 0. The summed E-state index contributed by atoms with van der Waals surface area (Å²) in [4.78, 5) is 0.379. The molecule has 12 heavy (non-hydrogen) atoms. The molecule has 1 aliphatic heterocycles. The molecule has 0 aliphatic carbocycles. The molecule has 0 amide bonds. The molecule has 3 atom stereocenters. The zero-order valence-electron chi connectivity index (χ0n) is 7.78.